The van der Waals surface area contributed by atoms with Crippen LogP contribution in [0.25, 0.3) is 0 Å². The molecule has 1 rings (SSSR count). The van der Waals surface area contributed by atoms with Gasteiger partial charge >= 0.3 is 6.03 Å². The molecular formula is C13H26N2O2. The van der Waals surface area contributed by atoms with Crippen molar-refractivity contribution in [3.63, 3.8) is 0 Å². The molecule has 0 heterocycles. The number of amides is 2. The summed E-state index contributed by atoms with van der Waals surface area (Å²) in [4.78, 5) is 11.6. The molecule has 0 spiro atoms. The third-order valence-electron chi connectivity index (χ3n) is 3.63. The first-order chi connectivity index (χ1) is 8.15. The molecule has 0 aromatic rings. The van der Waals surface area contributed by atoms with Crippen molar-refractivity contribution in [2.45, 2.75) is 64.5 Å². The van der Waals surface area contributed by atoms with Gasteiger partial charge in [-0.3, -0.25) is 0 Å². The summed E-state index contributed by atoms with van der Waals surface area (Å²) < 4.78 is 0. The number of nitrogens with one attached hydrogen (secondary N) is 2. The molecule has 1 saturated carbocycles. The summed E-state index contributed by atoms with van der Waals surface area (Å²) in [5.41, 5.74) is 0. The number of hydrogen-bond donors (Lipinski definition) is 3. The van der Waals surface area contributed by atoms with Crippen LogP contribution in [0.5, 0.6) is 0 Å². The largest absolute Gasteiger partial charge is 0.393 e. The molecule has 1 fully saturated rings. The van der Waals surface area contributed by atoms with E-state index >= 15 is 0 Å². The molecule has 0 aliphatic heterocycles. The highest BCUT2D eigenvalue weighted by Crippen LogP contribution is 2.23. The smallest absolute Gasteiger partial charge is 0.315 e. The predicted molar refractivity (Wildman–Crippen MR) is 68.9 cm³/mol. The van der Waals surface area contributed by atoms with Crippen molar-refractivity contribution < 1.29 is 9.90 Å². The van der Waals surface area contributed by atoms with Crippen LogP contribution in [0, 0.1) is 5.92 Å². The van der Waals surface area contributed by atoms with Crippen molar-refractivity contribution in [3.05, 3.63) is 0 Å². The van der Waals surface area contributed by atoms with Crippen LogP contribution in [-0.4, -0.2) is 29.8 Å². The SMILES string of the molecule is CCC(CC)NC(=O)NCC1CCCC(O)C1. The highest BCUT2D eigenvalue weighted by atomic mass is 16.3. The predicted octanol–water partition coefficient (Wildman–Crippen LogP) is 2.03. The summed E-state index contributed by atoms with van der Waals surface area (Å²) in [7, 11) is 0. The Morgan fingerprint density at radius 2 is 2.06 bits per heavy atom. The van der Waals surface area contributed by atoms with E-state index in [1.165, 1.54) is 0 Å². The molecule has 0 aromatic carbocycles. The zero-order chi connectivity index (χ0) is 12.7. The van der Waals surface area contributed by atoms with Crippen molar-refractivity contribution in [1.82, 2.24) is 10.6 Å². The Hall–Kier alpha value is -0.770. The molecular weight excluding hydrogens is 216 g/mol. The molecule has 4 heteroatoms. The number of carbonyl (C=O) groups excluding carboxylic acids is 1. The maximum Gasteiger partial charge on any atom is 0.315 e. The molecule has 1 aliphatic carbocycles. The summed E-state index contributed by atoms with van der Waals surface area (Å²) in [6.07, 6.45) is 5.68. The maximum atomic E-state index is 11.6. The van der Waals surface area contributed by atoms with E-state index in [-0.39, 0.29) is 18.2 Å². The van der Waals surface area contributed by atoms with E-state index in [9.17, 15) is 9.90 Å². The van der Waals surface area contributed by atoms with Crippen molar-refractivity contribution >= 4 is 6.03 Å². The van der Waals surface area contributed by atoms with Crippen LogP contribution in [0.2, 0.25) is 0 Å². The number of hydrogen-bond acceptors (Lipinski definition) is 2. The van der Waals surface area contributed by atoms with Gasteiger partial charge in [-0.1, -0.05) is 20.3 Å². The standard InChI is InChI=1S/C13H26N2O2/c1-3-11(4-2)15-13(17)14-9-10-6-5-7-12(16)8-10/h10-12,16H,3-9H2,1-2H3,(H2,14,15,17). The van der Waals surface area contributed by atoms with E-state index < -0.39 is 0 Å². The Bertz CT molecular complexity index is 229. The second-order valence-electron chi connectivity index (χ2n) is 5.05. The van der Waals surface area contributed by atoms with Gasteiger partial charge in [-0.25, -0.2) is 4.79 Å². The summed E-state index contributed by atoms with van der Waals surface area (Å²) in [6.45, 7) is 4.83. The zero-order valence-electron chi connectivity index (χ0n) is 11.0. The molecule has 0 saturated heterocycles. The third kappa shape index (κ3) is 5.39. The highest BCUT2D eigenvalue weighted by Gasteiger charge is 2.20. The van der Waals surface area contributed by atoms with E-state index in [2.05, 4.69) is 24.5 Å². The van der Waals surface area contributed by atoms with Gasteiger partial charge in [-0.05, 0) is 38.0 Å². The van der Waals surface area contributed by atoms with Crippen LogP contribution in [-0.2, 0) is 0 Å². The van der Waals surface area contributed by atoms with Crippen LogP contribution in [0.3, 0.4) is 0 Å². The molecule has 2 unspecified atom stereocenters. The number of rotatable bonds is 5. The Morgan fingerprint density at radius 3 is 2.65 bits per heavy atom. The van der Waals surface area contributed by atoms with Crippen LogP contribution in [0.15, 0.2) is 0 Å². The second kappa shape index (κ2) is 7.54. The maximum absolute atomic E-state index is 11.6. The fraction of sp³-hybridized carbons (Fsp3) is 0.923. The third-order valence-corrected chi connectivity index (χ3v) is 3.63. The summed E-state index contributed by atoms with van der Waals surface area (Å²) in [5, 5.41) is 15.4. The number of aliphatic hydroxyl groups is 1. The molecule has 0 aromatic heterocycles. The lowest BCUT2D eigenvalue weighted by Gasteiger charge is -2.26. The lowest BCUT2D eigenvalue weighted by molar-refractivity contribution is 0.101. The van der Waals surface area contributed by atoms with Crippen molar-refractivity contribution in [1.29, 1.82) is 0 Å². The fourth-order valence-corrected chi connectivity index (χ4v) is 2.41. The Morgan fingerprint density at radius 1 is 1.35 bits per heavy atom. The van der Waals surface area contributed by atoms with Gasteiger partial charge in [0.1, 0.15) is 0 Å². The average molecular weight is 242 g/mol. The average Bonchev–Trinajstić information content (AvgIpc) is 2.33. The van der Waals surface area contributed by atoms with Crippen LogP contribution < -0.4 is 10.6 Å². The van der Waals surface area contributed by atoms with Gasteiger partial charge in [0.05, 0.1) is 6.10 Å². The Kier molecular flexibility index (Phi) is 6.34. The van der Waals surface area contributed by atoms with Crippen molar-refractivity contribution in [3.8, 4) is 0 Å². The van der Waals surface area contributed by atoms with Crippen LogP contribution in [0.1, 0.15) is 52.4 Å². The van der Waals surface area contributed by atoms with Gasteiger partial charge in [-0.15, -0.1) is 0 Å². The fourth-order valence-electron chi connectivity index (χ4n) is 2.41. The quantitative estimate of drug-likeness (QED) is 0.690. The van der Waals surface area contributed by atoms with Gasteiger partial charge in [0.2, 0.25) is 0 Å². The lowest BCUT2D eigenvalue weighted by atomic mass is 9.87. The minimum Gasteiger partial charge on any atom is -0.393 e. The van der Waals surface area contributed by atoms with E-state index in [0.717, 1.165) is 38.5 Å². The highest BCUT2D eigenvalue weighted by molar-refractivity contribution is 5.74. The monoisotopic (exact) mass is 242 g/mol. The minimum absolute atomic E-state index is 0.0706. The topological polar surface area (TPSA) is 61.4 Å². The summed E-state index contributed by atoms with van der Waals surface area (Å²) in [6, 6.07) is 0.200. The first kappa shape index (κ1) is 14.3. The minimum atomic E-state index is -0.169. The molecule has 4 nitrogen and oxygen atoms in total. The van der Waals surface area contributed by atoms with E-state index in [1.54, 1.807) is 0 Å². The summed E-state index contributed by atoms with van der Waals surface area (Å²) >= 11 is 0. The lowest BCUT2D eigenvalue weighted by Crippen LogP contribution is -2.43. The van der Waals surface area contributed by atoms with Gasteiger partial charge in [0.15, 0.2) is 0 Å². The van der Waals surface area contributed by atoms with Crippen molar-refractivity contribution in [2.75, 3.05) is 6.54 Å². The van der Waals surface area contributed by atoms with E-state index in [0.29, 0.717) is 12.5 Å². The molecule has 2 amide bonds. The van der Waals surface area contributed by atoms with Crippen LogP contribution in [0.4, 0.5) is 4.79 Å². The van der Waals surface area contributed by atoms with Gasteiger partial charge in [0.25, 0.3) is 0 Å². The van der Waals surface area contributed by atoms with E-state index in [1.807, 2.05) is 0 Å². The molecule has 3 N–H and O–H groups in total. The first-order valence-corrected chi connectivity index (χ1v) is 6.88. The first-order valence-electron chi connectivity index (χ1n) is 6.88. The molecule has 1 aliphatic rings. The number of urea groups is 1. The number of aliphatic hydroxyl groups excluding tert-OH is 1. The van der Waals surface area contributed by atoms with Crippen LogP contribution >= 0.6 is 0 Å². The molecule has 0 bridgehead atoms. The Labute approximate surface area is 104 Å². The van der Waals surface area contributed by atoms with E-state index in [4.69, 9.17) is 0 Å². The second-order valence-corrected chi connectivity index (χ2v) is 5.05. The molecule has 17 heavy (non-hydrogen) atoms. The van der Waals surface area contributed by atoms with Gasteiger partial charge in [0, 0.05) is 12.6 Å². The molecule has 2 atom stereocenters. The van der Waals surface area contributed by atoms with Crippen molar-refractivity contribution in [2.24, 2.45) is 5.92 Å². The zero-order valence-corrected chi connectivity index (χ0v) is 11.0. The van der Waals surface area contributed by atoms with Gasteiger partial charge < -0.3 is 15.7 Å². The summed E-state index contributed by atoms with van der Waals surface area (Å²) in [5.74, 6) is 0.436. The number of carbonyl (C=O) groups is 1. The molecule has 0 radical (unpaired) electrons. The normalized spacial score (nSPS) is 24.7. The van der Waals surface area contributed by atoms with Gasteiger partial charge in [-0.2, -0.15) is 0 Å². The Balaban J connectivity index is 2.18. The molecule has 100 valence electrons.